The van der Waals surface area contributed by atoms with Crippen molar-refractivity contribution in [1.82, 2.24) is 10.2 Å². The van der Waals surface area contributed by atoms with Gasteiger partial charge in [0, 0.05) is 20.1 Å². The standard InChI is InChI=1S/C14H26N2O/c1-16(10-8-12-5-2-3-6-12)14(17)13-7-4-9-15-11-13/h12-13,15H,2-11H2,1H3. The van der Waals surface area contributed by atoms with Crippen LogP contribution in [-0.4, -0.2) is 37.5 Å². The molecule has 0 aromatic heterocycles. The van der Waals surface area contributed by atoms with Crippen LogP contribution in [0.25, 0.3) is 0 Å². The molecule has 0 aromatic rings. The van der Waals surface area contributed by atoms with Crippen molar-refractivity contribution in [1.29, 1.82) is 0 Å². The smallest absolute Gasteiger partial charge is 0.226 e. The van der Waals surface area contributed by atoms with Crippen molar-refractivity contribution in [3.63, 3.8) is 0 Å². The fraction of sp³-hybridized carbons (Fsp3) is 0.929. The van der Waals surface area contributed by atoms with Crippen LogP contribution in [0.1, 0.15) is 44.9 Å². The van der Waals surface area contributed by atoms with E-state index in [1.807, 2.05) is 11.9 Å². The third-order valence-corrected chi connectivity index (χ3v) is 4.37. The lowest BCUT2D eigenvalue weighted by Gasteiger charge is -2.27. The van der Waals surface area contributed by atoms with Gasteiger partial charge in [0.15, 0.2) is 0 Å². The molecule has 2 aliphatic rings. The lowest BCUT2D eigenvalue weighted by atomic mass is 9.97. The van der Waals surface area contributed by atoms with Gasteiger partial charge in [0.2, 0.25) is 5.91 Å². The lowest BCUT2D eigenvalue weighted by Crippen LogP contribution is -2.41. The number of amides is 1. The first-order chi connectivity index (χ1) is 8.27. The van der Waals surface area contributed by atoms with Gasteiger partial charge < -0.3 is 10.2 Å². The quantitative estimate of drug-likeness (QED) is 0.812. The Morgan fingerprint density at radius 1 is 1.24 bits per heavy atom. The Bertz CT molecular complexity index is 243. The molecule has 98 valence electrons. The van der Waals surface area contributed by atoms with E-state index in [2.05, 4.69) is 5.32 Å². The van der Waals surface area contributed by atoms with Crippen LogP contribution < -0.4 is 5.32 Å². The Morgan fingerprint density at radius 2 is 2.00 bits per heavy atom. The first-order valence-corrected chi connectivity index (χ1v) is 7.23. The van der Waals surface area contributed by atoms with E-state index in [4.69, 9.17) is 0 Å². The summed E-state index contributed by atoms with van der Waals surface area (Å²) in [6.07, 6.45) is 8.98. The van der Waals surface area contributed by atoms with Gasteiger partial charge in [-0.2, -0.15) is 0 Å². The van der Waals surface area contributed by atoms with E-state index < -0.39 is 0 Å². The number of hydrogen-bond donors (Lipinski definition) is 1. The highest BCUT2D eigenvalue weighted by molar-refractivity contribution is 5.78. The number of rotatable bonds is 4. The van der Waals surface area contributed by atoms with Crippen molar-refractivity contribution in [2.45, 2.75) is 44.9 Å². The summed E-state index contributed by atoms with van der Waals surface area (Å²) in [6.45, 7) is 2.92. The second-order valence-corrected chi connectivity index (χ2v) is 5.74. The first-order valence-electron chi connectivity index (χ1n) is 7.23. The van der Waals surface area contributed by atoms with Crippen LogP contribution in [0.3, 0.4) is 0 Å². The summed E-state index contributed by atoms with van der Waals surface area (Å²) in [5, 5.41) is 3.32. The molecular weight excluding hydrogens is 212 g/mol. The van der Waals surface area contributed by atoms with E-state index in [0.717, 1.165) is 38.4 Å². The van der Waals surface area contributed by atoms with Crippen molar-refractivity contribution in [2.75, 3.05) is 26.7 Å². The van der Waals surface area contributed by atoms with Crippen LogP contribution in [0.15, 0.2) is 0 Å². The molecule has 1 saturated carbocycles. The van der Waals surface area contributed by atoms with Crippen molar-refractivity contribution in [3.8, 4) is 0 Å². The molecule has 1 unspecified atom stereocenters. The van der Waals surface area contributed by atoms with Gasteiger partial charge >= 0.3 is 0 Å². The van der Waals surface area contributed by atoms with Gasteiger partial charge in [-0.15, -0.1) is 0 Å². The minimum absolute atomic E-state index is 0.234. The van der Waals surface area contributed by atoms with E-state index in [9.17, 15) is 4.79 Å². The fourth-order valence-corrected chi connectivity index (χ4v) is 3.16. The van der Waals surface area contributed by atoms with Crippen LogP contribution in [0, 0.1) is 11.8 Å². The van der Waals surface area contributed by atoms with E-state index in [0.29, 0.717) is 5.91 Å². The Morgan fingerprint density at radius 3 is 2.65 bits per heavy atom. The maximum absolute atomic E-state index is 12.2. The number of carbonyl (C=O) groups is 1. The Hall–Kier alpha value is -0.570. The summed E-state index contributed by atoms with van der Waals surface area (Å²) >= 11 is 0. The molecule has 2 fully saturated rings. The van der Waals surface area contributed by atoms with Crippen LogP contribution in [0.4, 0.5) is 0 Å². The number of nitrogens with one attached hydrogen (secondary N) is 1. The molecule has 1 saturated heterocycles. The van der Waals surface area contributed by atoms with Crippen molar-refractivity contribution >= 4 is 5.91 Å². The normalized spacial score (nSPS) is 26.1. The molecule has 0 bridgehead atoms. The maximum Gasteiger partial charge on any atom is 0.226 e. The monoisotopic (exact) mass is 238 g/mol. The predicted molar refractivity (Wildman–Crippen MR) is 69.8 cm³/mol. The second-order valence-electron chi connectivity index (χ2n) is 5.74. The largest absolute Gasteiger partial charge is 0.345 e. The molecule has 0 spiro atoms. The summed E-state index contributed by atoms with van der Waals surface area (Å²) in [6, 6.07) is 0. The van der Waals surface area contributed by atoms with E-state index >= 15 is 0 Å². The van der Waals surface area contributed by atoms with Gasteiger partial charge in [0.1, 0.15) is 0 Å². The molecule has 0 radical (unpaired) electrons. The summed E-state index contributed by atoms with van der Waals surface area (Å²) in [7, 11) is 1.98. The molecule has 1 aliphatic carbocycles. The third kappa shape index (κ3) is 3.70. The Balaban J connectivity index is 1.70. The highest BCUT2D eigenvalue weighted by atomic mass is 16.2. The van der Waals surface area contributed by atoms with E-state index in [1.165, 1.54) is 32.1 Å². The summed E-state index contributed by atoms with van der Waals surface area (Å²) in [5.41, 5.74) is 0. The van der Waals surface area contributed by atoms with Gasteiger partial charge in [-0.05, 0) is 31.7 Å². The van der Waals surface area contributed by atoms with Gasteiger partial charge in [-0.1, -0.05) is 25.7 Å². The molecule has 1 N–H and O–H groups in total. The molecule has 1 heterocycles. The molecule has 3 nitrogen and oxygen atoms in total. The number of piperidine rings is 1. The zero-order chi connectivity index (χ0) is 12.1. The fourth-order valence-electron chi connectivity index (χ4n) is 3.16. The third-order valence-electron chi connectivity index (χ3n) is 4.37. The van der Waals surface area contributed by atoms with Crippen molar-refractivity contribution < 1.29 is 4.79 Å². The summed E-state index contributed by atoms with van der Waals surface area (Å²) < 4.78 is 0. The average molecular weight is 238 g/mol. The van der Waals surface area contributed by atoms with E-state index in [1.54, 1.807) is 0 Å². The van der Waals surface area contributed by atoms with Crippen LogP contribution in [0.2, 0.25) is 0 Å². The van der Waals surface area contributed by atoms with Crippen LogP contribution in [-0.2, 0) is 4.79 Å². The lowest BCUT2D eigenvalue weighted by molar-refractivity contribution is -0.134. The minimum Gasteiger partial charge on any atom is -0.345 e. The van der Waals surface area contributed by atoms with Crippen LogP contribution >= 0.6 is 0 Å². The molecule has 3 heteroatoms. The molecule has 17 heavy (non-hydrogen) atoms. The number of nitrogens with zero attached hydrogens (tertiary/aromatic N) is 1. The maximum atomic E-state index is 12.2. The van der Waals surface area contributed by atoms with Crippen molar-refractivity contribution in [2.24, 2.45) is 11.8 Å². The van der Waals surface area contributed by atoms with Gasteiger partial charge in [0.25, 0.3) is 0 Å². The van der Waals surface area contributed by atoms with E-state index in [-0.39, 0.29) is 5.92 Å². The second kappa shape index (κ2) is 6.39. The molecule has 1 amide bonds. The SMILES string of the molecule is CN(CCC1CCCC1)C(=O)C1CCCNC1. The molecular formula is C14H26N2O. The highest BCUT2D eigenvalue weighted by Gasteiger charge is 2.24. The average Bonchev–Trinajstić information content (AvgIpc) is 2.89. The van der Waals surface area contributed by atoms with Gasteiger partial charge in [-0.3, -0.25) is 4.79 Å². The Kier molecular flexibility index (Phi) is 4.84. The number of carbonyl (C=O) groups excluding carboxylic acids is 1. The zero-order valence-electron chi connectivity index (χ0n) is 11.1. The molecule has 1 aliphatic heterocycles. The molecule has 1 atom stereocenters. The molecule has 2 rings (SSSR count). The highest BCUT2D eigenvalue weighted by Crippen LogP contribution is 2.27. The van der Waals surface area contributed by atoms with Crippen LogP contribution in [0.5, 0.6) is 0 Å². The molecule has 0 aromatic carbocycles. The number of hydrogen-bond acceptors (Lipinski definition) is 2. The topological polar surface area (TPSA) is 32.3 Å². The first kappa shape index (κ1) is 12.9. The minimum atomic E-state index is 0.234. The Labute approximate surface area is 105 Å². The van der Waals surface area contributed by atoms with Gasteiger partial charge in [0.05, 0.1) is 5.92 Å². The predicted octanol–water partition coefficient (Wildman–Crippen LogP) is 2.02. The summed E-state index contributed by atoms with van der Waals surface area (Å²) in [4.78, 5) is 14.2. The zero-order valence-corrected chi connectivity index (χ0v) is 11.1. The van der Waals surface area contributed by atoms with Crippen molar-refractivity contribution in [3.05, 3.63) is 0 Å². The van der Waals surface area contributed by atoms with Gasteiger partial charge in [-0.25, -0.2) is 0 Å². The summed E-state index contributed by atoms with van der Waals surface area (Å²) in [5.74, 6) is 1.47.